The zero-order chi connectivity index (χ0) is 33.1. The first-order valence-electron chi connectivity index (χ1n) is 14.4. The highest BCUT2D eigenvalue weighted by Gasteiger charge is 2.29. The van der Waals surface area contributed by atoms with Gasteiger partial charge in [-0.3, -0.25) is 9.59 Å². The lowest BCUT2D eigenvalue weighted by Crippen LogP contribution is -2.42. The highest BCUT2D eigenvalue weighted by Crippen LogP contribution is 2.38. The quantitative estimate of drug-likeness (QED) is 0.0937. The molecule has 2 unspecified atom stereocenters. The van der Waals surface area contributed by atoms with Crippen LogP contribution in [0.3, 0.4) is 0 Å². The number of nitrogens with two attached hydrogens (primary N) is 1. The number of carboxylic acids is 1. The molecule has 1 aromatic carbocycles. The third-order valence-corrected chi connectivity index (χ3v) is 12.1. The number of amides is 1. The maximum absolute atomic E-state index is 12.1. The molecule has 43 heavy (non-hydrogen) atoms. The minimum absolute atomic E-state index is 0.0436. The maximum atomic E-state index is 12.1. The van der Waals surface area contributed by atoms with Crippen molar-refractivity contribution in [2.75, 3.05) is 31.5 Å². The van der Waals surface area contributed by atoms with Gasteiger partial charge in [-0.15, -0.1) is 0 Å². The van der Waals surface area contributed by atoms with Crippen LogP contribution in [0.2, 0.25) is 0 Å². The third kappa shape index (κ3) is 20.8. The molecular weight excluding hydrogens is 629 g/mol. The van der Waals surface area contributed by atoms with E-state index in [2.05, 4.69) is 39.3 Å². The van der Waals surface area contributed by atoms with Gasteiger partial charge in [0.2, 0.25) is 5.91 Å². The molecule has 1 amide bonds. The Morgan fingerprint density at radius 3 is 1.63 bits per heavy atom. The first-order chi connectivity index (χ1) is 20.1. The van der Waals surface area contributed by atoms with E-state index >= 15 is 0 Å². The first-order valence-corrected chi connectivity index (χ1v) is 19.5. The molecule has 1 aliphatic carbocycles. The number of benzene rings is 1. The lowest BCUT2D eigenvalue weighted by Gasteiger charge is -2.34. The van der Waals surface area contributed by atoms with E-state index in [1.54, 1.807) is 61.4 Å². The number of hydrogen-bond acceptors (Lipinski definition) is 11. The van der Waals surface area contributed by atoms with Gasteiger partial charge in [0, 0.05) is 47.3 Å². The second-order valence-corrected chi connectivity index (χ2v) is 18.1. The van der Waals surface area contributed by atoms with Crippen LogP contribution in [0.4, 0.5) is 5.69 Å². The summed E-state index contributed by atoms with van der Waals surface area (Å²) in [5.41, 5.74) is 7.52. The number of carboxylic acid groups (broad SMARTS) is 1. The van der Waals surface area contributed by atoms with Crippen LogP contribution in [0.5, 0.6) is 0 Å². The summed E-state index contributed by atoms with van der Waals surface area (Å²) >= 11 is 0. The summed E-state index contributed by atoms with van der Waals surface area (Å²) in [5.74, 6) is -0.223. The third-order valence-electron chi connectivity index (χ3n) is 6.74. The van der Waals surface area contributed by atoms with E-state index in [-0.39, 0.29) is 66.1 Å². The molecule has 0 radical (unpaired) electrons. The van der Waals surface area contributed by atoms with Crippen LogP contribution in [0, 0.1) is 11.8 Å². The summed E-state index contributed by atoms with van der Waals surface area (Å²) in [4.78, 5) is 22.3. The van der Waals surface area contributed by atoms with Crippen molar-refractivity contribution < 1.29 is 35.1 Å². The lowest BCUT2D eigenvalue weighted by molar-refractivity contribution is -0.137. The van der Waals surface area contributed by atoms with Gasteiger partial charge in [0.15, 0.2) is 0 Å². The first kappa shape index (κ1) is 42.2. The molecular formula is C30H54N2O7S4. The molecule has 1 saturated carbocycles. The van der Waals surface area contributed by atoms with Crippen LogP contribution in [0.15, 0.2) is 18.2 Å². The van der Waals surface area contributed by atoms with E-state index in [9.17, 15) is 19.8 Å². The van der Waals surface area contributed by atoms with Gasteiger partial charge in [0.05, 0.1) is 13.2 Å². The minimum Gasteiger partial charge on any atom is -0.481 e. The zero-order valence-corrected chi connectivity index (χ0v) is 29.8. The number of aliphatic hydroxyl groups excluding tert-OH is 4. The minimum atomic E-state index is -0.709. The average molecular weight is 683 g/mol. The van der Waals surface area contributed by atoms with E-state index in [0.29, 0.717) is 12.1 Å². The Morgan fingerprint density at radius 2 is 1.26 bits per heavy atom. The summed E-state index contributed by atoms with van der Waals surface area (Å²) < 4.78 is 0.183. The molecule has 1 aliphatic rings. The smallest absolute Gasteiger partial charge is 0.303 e. The van der Waals surface area contributed by atoms with Crippen LogP contribution in [-0.2, 0) is 22.8 Å². The molecule has 0 bridgehead atoms. The Bertz CT molecular complexity index is 904. The number of nitrogen functional groups attached to an aromatic ring is 1. The Balaban J connectivity index is 0.000000677. The second-order valence-electron chi connectivity index (χ2n) is 11.9. The van der Waals surface area contributed by atoms with Gasteiger partial charge in [-0.1, -0.05) is 49.2 Å². The molecule has 9 nitrogen and oxygen atoms in total. The van der Waals surface area contributed by atoms with Crippen LogP contribution >= 0.6 is 43.2 Å². The molecule has 1 aromatic rings. The SMILES string of the molecule is CSSC(C)(C)CCC(=O)NC1CC(CO)CC(CO)C1.CSSC(C)(C)CCC(=O)O.Nc1cc(CO)cc(CO)c1. The van der Waals surface area contributed by atoms with E-state index in [0.717, 1.165) is 43.2 Å². The Kier molecular flexibility index (Phi) is 22.2. The number of carbonyl (C=O) groups is 2. The molecule has 2 atom stereocenters. The standard InChI is InChI=1S/C15H29NO3S2.C8H11NO2.C7H14O2S2/c1-15(2,21-20-3)5-4-14(19)16-13-7-11(9-17)6-12(8-13)10-18;9-8-2-6(4-10)1-7(3-8)5-11;1-7(2,11-10-3)5-4-6(8)9/h11-13,17-18H,4-10H2,1-3H3,(H,16,19);1-3,10-11H,4-5,9H2;4-5H2,1-3H3,(H,8,9). The van der Waals surface area contributed by atoms with Crippen molar-refractivity contribution >= 4 is 60.7 Å². The van der Waals surface area contributed by atoms with E-state index in [4.69, 9.17) is 21.1 Å². The monoisotopic (exact) mass is 682 g/mol. The largest absolute Gasteiger partial charge is 0.481 e. The molecule has 0 spiro atoms. The predicted octanol–water partition coefficient (Wildman–Crippen LogP) is 5.34. The fraction of sp³-hybridized carbons (Fsp3) is 0.733. The van der Waals surface area contributed by atoms with Gasteiger partial charge >= 0.3 is 5.97 Å². The van der Waals surface area contributed by atoms with Gasteiger partial charge in [-0.2, -0.15) is 0 Å². The molecule has 8 N–H and O–H groups in total. The van der Waals surface area contributed by atoms with Crippen molar-refractivity contribution in [3.8, 4) is 0 Å². The fourth-order valence-electron chi connectivity index (χ4n) is 4.61. The topological polar surface area (TPSA) is 173 Å². The van der Waals surface area contributed by atoms with Gasteiger partial charge in [-0.05, 0) is 107 Å². The zero-order valence-electron chi connectivity index (χ0n) is 26.5. The van der Waals surface area contributed by atoms with Crippen LogP contribution < -0.4 is 11.1 Å². The lowest BCUT2D eigenvalue weighted by atomic mass is 9.79. The molecule has 0 saturated heterocycles. The van der Waals surface area contributed by atoms with Crippen molar-refractivity contribution in [1.29, 1.82) is 0 Å². The summed E-state index contributed by atoms with van der Waals surface area (Å²) in [6.07, 6.45) is 8.94. The summed E-state index contributed by atoms with van der Waals surface area (Å²) in [6.45, 7) is 8.64. The number of hydrogen-bond donors (Lipinski definition) is 7. The van der Waals surface area contributed by atoms with Gasteiger partial charge in [0.25, 0.3) is 0 Å². The van der Waals surface area contributed by atoms with Crippen molar-refractivity contribution in [2.45, 2.75) is 101 Å². The highest BCUT2D eigenvalue weighted by molar-refractivity contribution is 8.77. The molecule has 0 aromatic heterocycles. The predicted molar refractivity (Wildman–Crippen MR) is 186 cm³/mol. The second kappa shape index (κ2) is 22.7. The average Bonchev–Trinajstić information content (AvgIpc) is 2.95. The molecule has 1 fully saturated rings. The molecule has 2 rings (SSSR count). The van der Waals surface area contributed by atoms with Gasteiger partial charge < -0.3 is 36.6 Å². The highest BCUT2D eigenvalue weighted by atomic mass is 33.1. The number of aliphatic hydroxyl groups is 4. The molecule has 250 valence electrons. The summed E-state index contributed by atoms with van der Waals surface area (Å²) in [6, 6.07) is 5.17. The summed E-state index contributed by atoms with van der Waals surface area (Å²) in [5, 5.41) is 47.7. The Hall–Kier alpha value is -0.800. The van der Waals surface area contributed by atoms with Crippen molar-refractivity contribution in [1.82, 2.24) is 5.32 Å². The molecule has 0 aliphatic heterocycles. The van der Waals surface area contributed by atoms with Crippen LogP contribution in [-0.4, -0.2) is 78.7 Å². The Labute approximate surface area is 274 Å². The van der Waals surface area contributed by atoms with Gasteiger partial charge in [0.1, 0.15) is 0 Å². The Morgan fingerprint density at radius 1 is 0.814 bits per heavy atom. The molecule has 13 heteroatoms. The normalized spacial score (nSPS) is 18.5. The number of anilines is 1. The van der Waals surface area contributed by atoms with E-state index in [1.807, 2.05) is 6.26 Å². The van der Waals surface area contributed by atoms with Crippen molar-refractivity contribution in [3.05, 3.63) is 29.3 Å². The summed E-state index contributed by atoms with van der Waals surface area (Å²) in [7, 11) is 6.94. The van der Waals surface area contributed by atoms with Crippen LogP contribution in [0.25, 0.3) is 0 Å². The van der Waals surface area contributed by atoms with Gasteiger partial charge in [-0.25, -0.2) is 0 Å². The van der Waals surface area contributed by atoms with E-state index < -0.39 is 5.97 Å². The van der Waals surface area contributed by atoms with Crippen molar-refractivity contribution in [2.24, 2.45) is 11.8 Å². The van der Waals surface area contributed by atoms with E-state index in [1.165, 1.54) is 0 Å². The molecule has 0 heterocycles. The van der Waals surface area contributed by atoms with Crippen LogP contribution in [0.1, 0.15) is 83.8 Å². The number of rotatable bonds is 15. The number of aliphatic carboxylic acids is 1. The maximum Gasteiger partial charge on any atom is 0.303 e. The number of carbonyl (C=O) groups excluding carboxylic acids is 1. The number of nitrogens with one attached hydrogen (secondary N) is 1. The van der Waals surface area contributed by atoms with Crippen molar-refractivity contribution in [3.63, 3.8) is 0 Å². The fourth-order valence-corrected chi connectivity index (χ4v) is 9.09.